The number of rotatable bonds is 6. The molecule has 2 N–H and O–H groups in total. The van der Waals surface area contributed by atoms with Crippen molar-refractivity contribution < 1.29 is 18.8 Å². The standard InChI is InChI=1S/C16H16Cl2N4O4/c17-10-1-2-12(11(18)6-10)25-8-14(24)20-7-15-21-16(22-26-15)9-3-4-19-13(23)5-9/h1-2,6,9H,3-5,7-8H2,(H,19,23)(H,20,24). The number of ether oxygens (including phenoxy) is 1. The zero-order chi connectivity index (χ0) is 18.5. The summed E-state index contributed by atoms with van der Waals surface area (Å²) in [5.41, 5.74) is 0. The Bertz CT molecular complexity index is 811. The molecule has 1 fully saturated rings. The molecule has 0 aliphatic carbocycles. The SMILES string of the molecule is O=C(COc1ccc(Cl)cc1Cl)NCc1nc(C2CCNC(=O)C2)no1. The van der Waals surface area contributed by atoms with Gasteiger partial charge in [-0.2, -0.15) is 4.98 Å². The Morgan fingerprint density at radius 2 is 2.27 bits per heavy atom. The normalized spacial score (nSPS) is 16.8. The maximum atomic E-state index is 11.9. The summed E-state index contributed by atoms with van der Waals surface area (Å²) >= 11 is 11.8. The fourth-order valence-electron chi connectivity index (χ4n) is 2.47. The van der Waals surface area contributed by atoms with Crippen molar-refractivity contribution in [1.82, 2.24) is 20.8 Å². The Morgan fingerprint density at radius 3 is 3.04 bits per heavy atom. The Kier molecular flexibility index (Phi) is 5.95. The van der Waals surface area contributed by atoms with Crippen LogP contribution in [0.1, 0.15) is 30.5 Å². The monoisotopic (exact) mass is 398 g/mol. The van der Waals surface area contributed by atoms with Crippen molar-refractivity contribution in [1.29, 1.82) is 0 Å². The van der Waals surface area contributed by atoms with E-state index in [1.165, 1.54) is 6.07 Å². The number of carbonyl (C=O) groups is 2. The van der Waals surface area contributed by atoms with Gasteiger partial charge >= 0.3 is 0 Å². The van der Waals surface area contributed by atoms with Crippen LogP contribution in [0.2, 0.25) is 10.0 Å². The molecular formula is C16H16Cl2N4O4. The molecule has 0 bridgehead atoms. The van der Waals surface area contributed by atoms with E-state index in [2.05, 4.69) is 20.8 Å². The van der Waals surface area contributed by atoms with E-state index in [1.807, 2.05) is 0 Å². The molecule has 0 spiro atoms. The Labute approximate surface area is 159 Å². The molecule has 1 aliphatic rings. The minimum absolute atomic E-state index is 0.0288. The maximum Gasteiger partial charge on any atom is 0.258 e. The second-order valence-electron chi connectivity index (χ2n) is 5.73. The summed E-state index contributed by atoms with van der Waals surface area (Å²) < 4.78 is 10.5. The molecule has 8 nitrogen and oxygen atoms in total. The van der Waals surface area contributed by atoms with Gasteiger partial charge in [0.1, 0.15) is 5.75 Å². The van der Waals surface area contributed by atoms with Gasteiger partial charge in [0.05, 0.1) is 11.6 Å². The summed E-state index contributed by atoms with van der Waals surface area (Å²) in [6, 6.07) is 4.73. The molecule has 1 aromatic heterocycles. The van der Waals surface area contributed by atoms with Crippen LogP contribution in [0, 0.1) is 0 Å². The molecule has 138 valence electrons. The second kappa shape index (κ2) is 8.37. The number of amides is 2. The van der Waals surface area contributed by atoms with Crippen molar-refractivity contribution >= 4 is 35.0 Å². The van der Waals surface area contributed by atoms with Crippen molar-refractivity contribution in [3.8, 4) is 5.75 Å². The lowest BCUT2D eigenvalue weighted by molar-refractivity contribution is -0.123. The van der Waals surface area contributed by atoms with Crippen LogP contribution in [-0.4, -0.2) is 35.1 Å². The molecule has 1 atom stereocenters. The first-order valence-electron chi connectivity index (χ1n) is 7.95. The molecule has 1 aromatic carbocycles. The minimum Gasteiger partial charge on any atom is -0.482 e. The van der Waals surface area contributed by atoms with Crippen LogP contribution in [-0.2, 0) is 16.1 Å². The summed E-state index contributed by atoms with van der Waals surface area (Å²) in [4.78, 5) is 27.5. The Hall–Kier alpha value is -2.32. The molecule has 3 rings (SSSR count). The van der Waals surface area contributed by atoms with Crippen molar-refractivity contribution in [3.63, 3.8) is 0 Å². The molecule has 1 unspecified atom stereocenters. The van der Waals surface area contributed by atoms with E-state index in [1.54, 1.807) is 12.1 Å². The lowest BCUT2D eigenvalue weighted by Crippen LogP contribution is -2.33. The van der Waals surface area contributed by atoms with Gasteiger partial charge in [0.25, 0.3) is 5.91 Å². The van der Waals surface area contributed by atoms with E-state index < -0.39 is 0 Å². The van der Waals surface area contributed by atoms with Gasteiger partial charge in [-0.25, -0.2) is 0 Å². The first kappa shape index (κ1) is 18.5. The first-order valence-corrected chi connectivity index (χ1v) is 8.70. The van der Waals surface area contributed by atoms with Gasteiger partial charge in [0.15, 0.2) is 12.4 Å². The van der Waals surface area contributed by atoms with E-state index in [0.29, 0.717) is 34.6 Å². The molecule has 1 aliphatic heterocycles. The number of nitrogens with one attached hydrogen (secondary N) is 2. The van der Waals surface area contributed by atoms with Crippen LogP contribution in [0.25, 0.3) is 0 Å². The topological polar surface area (TPSA) is 106 Å². The van der Waals surface area contributed by atoms with Crippen LogP contribution < -0.4 is 15.4 Å². The highest BCUT2D eigenvalue weighted by Gasteiger charge is 2.25. The minimum atomic E-state index is -0.368. The molecule has 10 heteroatoms. The van der Waals surface area contributed by atoms with Crippen molar-refractivity contribution in [2.75, 3.05) is 13.2 Å². The highest BCUT2D eigenvalue weighted by molar-refractivity contribution is 6.35. The number of aromatic nitrogens is 2. The quantitative estimate of drug-likeness (QED) is 0.770. The van der Waals surface area contributed by atoms with Crippen LogP contribution in [0.4, 0.5) is 0 Å². The number of hydrogen-bond acceptors (Lipinski definition) is 6. The van der Waals surface area contributed by atoms with Gasteiger partial charge in [0, 0.05) is 23.9 Å². The van der Waals surface area contributed by atoms with E-state index in [-0.39, 0.29) is 36.8 Å². The fourth-order valence-corrected chi connectivity index (χ4v) is 2.93. The third-order valence-electron chi connectivity index (χ3n) is 3.79. The summed E-state index contributed by atoms with van der Waals surface area (Å²) in [5, 5.41) is 10.1. The third kappa shape index (κ3) is 4.86. The highest BCUT2D eigenvalue weighted by Crippen LogP contribution is 2.27. The molecular weight excluding hydrogens is 383 g/mol. The number of carbonyl (C=O) groups excluding carboxylic acids is 2. The summed E-state index contributed by atoms with van der Waals surface area (Å²) in [5.74, 6) is 0.651. The van der Waals surface area contributed by atoms with Crippen molar-refractivity contribution in [2.45, 2.75) is 25.3 Å². The van der Waals surface area contributed by atoms with Crippen LogP contribution >= 0.6 is 23.2 Å². The largest absolute Gasteiger partial charge is 0.482 e. The van der Waals surface area contributed by atoms with Crippen LogP contribution in [0.3, 0.4) is 0 Å². The van der Waals surface area contributed by atoms with E-state index in [0.717, 1.165) is 6.42 Å². The first-order chi connectivity index (χ1) is 12.5. The molecule has 0 saturated carbocycles. The van der Waals surface area contributed by atoms with E-state index in [4.69, 9.17) is 32.5 Å². The molecule has 2 heterocycles. The van der Waals surface area contributed by atoms with E-state index >= 15 is 0 Å². The van der Waals surface area contributed by atoms with Gasteiger partial charge in [0.2, 0.25) is 11.8 Å². The number of piperidine rings is 1. The summed E-state index contributed by atoms with van der Waals surface area (Å²) in [6.45, 7) is 0.447. The summed E-state index contributed by atoms with van der Waals surface area (Å²) in [6.07, 6.45) is 1.09. The second-order valence-corrected chi connectivity index (χ2v) is 6.57. The van der Waals surface area contributed by atoms with Crippen molar-refractivity contribution in [2.24, 2.45) is 0 Å². The average Bonchev–Trinajstić information content (AvgIpc) is 3.08. The molecule has 2 aromatic rings. The zero-order valence-electron chi connectivity index (χ0n) is 13.6. The lowest BCUT2D eigenvalue weighted by atomic mass is 9.97. The lowest BCUT2D eigenvalue weighted by Gasteiger charge is -2.18. The maximum absolute atomic E-state index is 11.9. The molecule has 0 radical (unpaired) electrons. The smallest absolute Gasteiger partial charge is 0.258 e. The third-order valence-corrected chi connectivity index (χ3v) is 4.32. The predicted octanol–water partition coefficient (Wildman–Crippen LogP) is 2.07. The molecule has 26 heavy (non-hydrogen) atoms. The number of nitrogens with zero attached hydrogens (tertiary/aromatic N) is 2. The van der Waals surface area contributed by atoms with Crippen LogP contribution in [0.5, 0.6) is 5.75 Å². The van der Waals surface area contributed by atoms with E-state index in [9.17, 15) is 9.59 Å². The Balaban J connectivity index is 1.46. The highest BCUT2D eigenvalue weighted by atomic mass is 35.5. The van der Waals surface area contributed by atoms with Gasteiger partial charge in [-0.3, -0.25) is 9.59 Å². The van der Waals surface area contributed by atoms with Gasteiger partial charge in [-0.05, 0) is 24.6 Å². The summed E-state index contributed by atoms with van der Waals surface area (Å²) in [7, 11) is 0. The predicted molar refractivity (Wildman–Crippen MR) is 93.1 cm³/mol. The zero-order valence-corrected chi connectivity index (χ0v) is 15.1. The van der Waals surface area contributed by atoms with Gasteiger partial charge < -0.3 is 19.9 Å². The molecule has 2 amide bonds. The average molecular weight is 399 g/mol. The fraction of sp³-hybridized carbons (Fsp3) is 0.375. The van der Waals surface area contributed by atoms with Gasteiger partial charge in [-0.15, -0.1) is 0 Å². The number of hydrogen-bond donors (Lipinski definition) is 2. The number of benzene rings is 1. The van der Waals surface area contributed by atoms with Crippen LogP contribution in [0.15, 0.2) is 22.7 Å². The van der Waals surface area contributed by atoms with Gasteiger partial charge in [-0.1, -0.05) is 28.4 Å². The molecule has 1 saturated heterocycles. The Morgan fingerprint density at radius 1 is 1.42 bits per heavy atom. The van der Waals surface area contributed by atoms with Crippen molar-refractivity contribution in [3.05, 3.63) is 40.0 Å². The number of halogens is 2.